The number of rotatable bonds is 5. The van der Waals surface area contributed by atoms with Gasteiger partial charge in [0.1, 0.15) is 12.4 Å². The van der Waals surface area contributed by atoms with Crippen LogP contribution in [-0.2, 0) is 4.79 Å². The van der Waals surface area contributed by atoms with Crippen molar-refractivity contribution in [2.75, 3.05) is 33.4 Å². The first-order valence-electron chi connectivity index (χ1n) is 6.71. The predicted molar refractivity (Wildman–Crippen MR) is 73.7 cm³/mol. The Bertz CT molecular complexity index is 433. The molecule has 1 aromatic carbocycles. The van der Waals surface area contributed by atoms with Crippen LogP contribution in [-0.4, -0.2) is 44.0 Å². The largest absolute Gasteiger partial charge is 0.493 e. The molecule has 19 heavy (non-hydrogen) atoms. The van der Waals surface area contributed by atoms with Crippen molar-refractivity contribution in [1.82, 2.24) is 4.90 Å². The fourth-order valence-corrected chi connectivity index (χ4v) is 2.32. The highest BCUT2D eigenvalue weighted by Gasteiger charge is 2.22. The van der Waals surface area contributed by atoms with Gasteiger partial charge in [0.15, 0.2) is 11.5 Å². The Kier molecular flexibility index (Phi) is 4.80. The van der Waals surface area contributed by atoms with Gasteiger partial charge in [0.05, 0.1) is 7.11 Å². The van der Waals surface area contributed by atoms with Crippen LogP contribution in [0.2, 0.25) is 0 Å². The molecular weight excluding hydrogens is 242 g/mol. The average molecular weight is 263 g/mol. The van der Waals surface area contributed by atoms with Crippen molar-refractivity contribution >= 4 is 5.78 Å². The van der Waals surface area contributed by atoms with Gasteiger partial charge in [-0.2, -0.15) is 0 Å². The highest BCUT2D eigenvalue weighted by Crippen LogP contribution is 2.25. The molecule has 0 spiro atoms. The number of hydrogen-bond acceptors (Lipinski definition) is 4. The molecule has 0 N–H and O–H groups in total. The number of likely N-dealkylation sites (tertiary alicyclic amines) is 1. The summed E-state index contributed by atoms with van der Waals surface area (Å²) < 4.78 is 11.0. The minimum Gasteiger partial charge on any atom is -0.493 e. The number of Topliss-reactive ketones (excluding diaryl/α,β-unsaturated/α-hetero) is 1. The quantitative estimate of drug-likeness (QED) is 0.814. The van der Waals surface area contributed by atoms with E-state index >= 15 is 0 Å². The molecule has 1 saturated heterocycles. The number of ether oxygens (including phenoxy) is 2. The molecule has 0 amide bonds. The lowest BCUT2D eigenvalue weighted by molar-refractivity contribution is -0.125. The van der Waals surface area contributed by atoms with Gasteiger partial charge in [-0.3, -0.25) is 9.69 Å². The Morgan fingerprint density at radius 3 is 2.74 bits per heavy atom. The van der Waals surface area contributed by atoms with Crippen molar-refractivity contribution in [1.29, 1.82) is 0 Å². The van der Waals surface area contributed by atoms with Gasteiger partial charge in [0.25, 0.3) is 0 Å². The molecule has 104 valence electrons. The maximum atomic E-state index is 11.4. The van der Waals surface area contributed by atoms with E-state index in [9.17, 15) is 4.79 Å². The number of hydrogen-bond donors (Lipinski definition) is 0. The van der Waals surface area contributed by atoms with Crippen LogP contribution < -0.4 is 9.47 Å². The van der Waals surface area contributed by atoms with Gasteiger partial charge in [-0.1, -0.05) is 19.1 Å². The lowest BCUT2D eigenvalue weighted by Crippen LogP contribution is -2.41. The summed E-state index contributed by atoms with van der Waals surface area (Å²) in [5.41, 5.74) is 0. The van der Waals surface area contributed by atoms with Crippen molar-refractivity contribution in [3.05, 3.63) is 24.3 Å². The van der Waals surface area contributed by atoms with Crippen LogP contribution in [0.4, 0.5) is 0 Å². The smallest absolute Gasteiger partial charge is 0.161 e. The second-order valence-corrected chi connectivity index (χ2v) is 4.92. The van der Waals surface area contributed by atoms with Crippen molar-refractivity contribution in [2.24, 2.45) is 5.92 Å². The standard InChI is InChI=1S/C15H21NO3/c1-12-11-16(8-7-13(12)17)9-10-19-15-6-4-3-5-14(15)18-2/h3-6,12H,7-11H2,1-2H3. The molecule has 0 bridgehead atoms. The number of carbonyl (C=O) groups is 1. The van der Waals surface area contributed by atoms with Crippen LogP contribution in [0.3, 0.4) is 0 Å². The van der Waals surface area contributed by atoms with Crippen LogP contribution in [0.5, 0.6) is 11.5 Å². The predicted octanol–water partition coefficient (Wildman–Crippen LogP) is 1.98. The minimum absolute atomic E-state index is 0.153. The zero-order chi connectivity index (χ0) is 13.7. The maximum absolute atomic E-state index is 11.4. The molecule has 0 aliphatic carbocycles. The Morgan fingerprint density at radius 2 is 2.05 bits per heavy atom. The fourth-order valence-electron chi connectivity index (χ4n) is 2.32. The van der Waals surface area contributed by atoms with Crippen molar-refractivity contribution in [2.45, 2.75) is 13.3 Å². The third-order valence-electron chi connectivity index (χ3n) is 3.49. The van der Waals surface area contributed by atoms with E-state index < -0.39 is 0 Å². The first-order chi connectivity index (χ1) is 9.20. The minimum atomic E-state index is 0.153. The second kappa shape index (κ2) is 6.57. The zero-order valence-corrected chi connectivity index (χ0v) is 11.6. The van der Waals surface area contributed by atoms with E-state index in [4.69, 9.17) is 9.47 Å². The summed E-state index contributed by atoms with van der Waals surface area (Å²) in [6, 6.07) is 7.64. The van der Waals surface area contributed by atoms with Crippen molar-refractivity contribution in [3.8, 4) is 11.5 Å². The van der Waals surface area contributed by atoms with E-state index in [1.54, 1.807) is 7.11 Å². The molecule has 0 aromatic heterocycles. The van der Waals surface area contributed by atoms with E-state index in [1.807, 2.05) is 31.2 Å². The van der Waals surface area contributed by atoms with Gasteiger partial charge in [0, 0.05) is 32.0 Å². The highest BCUT2D eigenvalue weighted by atomic mass is 16.5. The third kappa shape index (κ3) is 3.70. The van der Waals surface area contributed by atoms with Gasteiger partial charge in [-0.05, 0) is 12.1 Å². The SMILES string of the molecule is COc1ccccc1OCCN1CCC(=O)C(C)C1. The summed E-state index contributed by atoms with van der Waals surface area (Å²) in [6.45, 7) is 5.14. The first-order valence-corrected chi connectivity index (χ1v) is 6.71. The molecule has 1 fully saturated rings. The number of carbonyl (C=O) groups excluding carboxylic acids is 1. The van der Waals surface area contributed by atoms with Crippen LogP contribution >= 0.6 is 0 Å². The normalized spacial score (nSPS) is 20.3. The van der Waals surface area contributed by atoms with Crippen LogP contribution in [0, 0.1) is 5.92 Å². The number of piperidine rings is 1. The van der Waals surface area contributed by atoms with E-state index in [0.29, 0.717) is 18.8 Å². The maximum Gasteiger partial charge on any atom is 0.161 e. The lowest BCUT2D eigenvalue weighted by atomic mass is 9.99. The Hall–Kier alpha value is -1.55. The molecule has 0 radical (unpaired) electrons. The number of methoxy groups -OCH3 is 1. The number of benzene rings is 1. The molecular formula is C15H21NO3. The van der Waals surface area contributed by atoms with E-state index in [2.05, 4.69) is 4.90 Å². The van der Waals surface area contributed by atoms with Crippen LogP contribution in [0.25, 0.3) is 0 Å². The molecule has 0 saturated carbocycles. The molecule has 1 aliphatic heterocycles. The van der Waals surface area contributed by atoms with Crippen LogP contribution in [0.15, 0.2) is 24.3 Å². The second-order valence-electron chi connectivity index (χ2n) is 4.92. The summed E-state index contributed by atoms with van der Waals surface area (Å²) in [5, 5.41) is 0. The van der Waals surface area contributed by atoms with E-state index in [-0.39, 0.29) is 5.92 Å². The molecule has 1 unspecified atom stereocenters. The van der Waals surface area contributed by atoms with Crippen molar-refractivity contribution < 1.29 is 14.3 Å². The molecule has 2 rings (SSSR count). The molecule has 4 heteroatoms. The van der Waals surface area contributed by atoms with E-state index in [1.165, 1.54) is 0 Å². The zero-order valence-electron chi connectivity index (χ0n) is 11.6. The number of para-hydroxylation sites is 2. The molecule has 4 nitrogen and oxygen atoms in total. The summed E-state index contributed by atoms with van der Waals surface area (Å²) >= 11 is 0. The molecule has 1 aromatic rings. The van der Waals surface area contributed by atoms with Gasteiger partial charge in [0.2, 0.25) is 0 Å². The lowest BCUT2D eigenvalue weighted by Gasteiger charge is -2.29. The molecule has 1 aliphatic rings. The Balaban J connectivity index is 1.79. The monoisotopic (exact) mass is 263 g/mol. The van der Waals surface area contributed by atoms with Crippen LogP contribution in [0.1, 0.15) is 13.3 Å². The van der Waals surface area contributed by atoms with Crippen molar-refractivity contribution in [3.63, 3.8) is 0 Å². The Morgan fingerprint density at radius 1 is 1.32 bits per heavy atom. The highest BCUT2D eigenvalue weighted by molar-refractivity contribution is 5.81. The summed E-state index contributed by atoms with van der Waals surface area (Å²) in [6.07, 6.45) is 0.663. The Labute approximate surface area is 114 Å². The van der Waals surface area contributed by atoms with Gasteiger partial charge < -0.3 is 9.47 Å². The molecule has 1 atom stereocenters. The van der Waals surface area contributed by atoms with Gasteiger partial charge in [-0.15, -0.1) is 0 Å². The first kappa shape index (κ1) is 13.9. The summed E-state index contributed by atoms with van der Waals surface area (Å²) in [4.78, 5) is 13.7. The topological polar surface area (TPSA) is 38.8 Å². The average Bonchev–Trinajstić information content (AvgIpc) is 2.43. The van der Waals surface area contributed by atoms with Gasteiger partial charge >= 0.3 is 0 Å². The third-order valence-corrected chi connectivity index (χ3v) is 3.49. The fraction of sp³-hybridized carbons (Fsp3) is 0.533. The molecule has 1 heterocycles. The summed E-state index contributed by atoms with van der Waals surface area (Å²) in [5.74, 6) is 2.05. The van der Waals surface area contributed by atoms with E-state index in [0.717, 1.165) is 31.1 Å². The van der Waals surface area contributed by atoms with Gasteiger partial charge in [-0.25, -0.2) is 0 Å². The number of nitrogens with zero attached hydrogens (tertiary/aromatic N) is 1. The summed E-state index contributed by atoms with van der Waals surface area (Å²) in [7, 11) is 1.64. The number of ketones is 1.